The number of nitriles is 1. The van der Waals surface area contributed by atoms with Gasteiger partial charge < -0.3 is 4.74 Å². The molecule has 52 heavy (non-hydrogen) atoms. The molecule has 0 aliphatic rings. The summed E-state index contributed by atoms with van der Waals surface area (Å²) >= 11 is 6.95. The Balaban J connectivity index is 0.000000220. The molecule has 262 valence electrons. The fourth-order valence-electron chi connectivity index (χ4n) is 5.47. The number of hydrogen-bond donors (Lipinski definition) is 0. The lowest BCUT2D eigenvalue weighted by Crippen LogP contribution is -2.03. The molecule has 0 saturated carbocycles. The second kappa shape index (κ2) is 22.9. The maximum absolute atomic E-state index is 12.2. The van der Waals surface area contributed by atoms with Crippen molar-refractivity contribution in [2.45, 2.75) is 46.1 Å². The van der Waals surface area contributed by atoms with Crippen LogP contribution in [-0.2, 0) is 9.53 Å². The van der Waals surface area contributed by atoms with Crippen molar-refractivity contribution in [3.63, 3.8) is 0 Å². The quantitative estimate of drug-likeness (QED) is 0.0748. The standard InChI is InChI=1S/C23H20O.C13H11NO.C9H8.CHI3/c1-17-7-5-8-19(15-17)13-14-21(24)16-18(2)22-12-6-10-20-9-3-4-11-23(20)22;1-10(15-9-14)12-8-4-6-11-5-2-3-7-13(11)12;1-3-9-6-4-5-8(2)7-9;2-1(3)4/h3-12,15,18H,16H2,1-2H3;2-8,10H,1H3;1,4-7H,2H3;1H. The number of rotatable bonds is 5. The van der Waals surface area contributed by atoms with Crippen LogP contribution >= 0.6 is 67.8 Å². The largest absolute Gasteiger partial charge is 0.420 e. The van der Waals surface area contributed by atoms with Gasteiger partial charge in [0.05, 0.1) is 0 Å². The number of ketones is 1. The molecule has 0 aliphatic carbocycles. The van der Waals surface area contributed by atoms with Gasteiger partial charge in [-0.2, -0.15) is 5.26 Å². The van der Waals surface area contributed by atoms with Crippen molar-refractivity contribution in [3.05, 3.63) is 167 Å². The number of halogens is 3. The van der Waals surface area contributed by atoms with Crippen LogP contribution in [-0.4, -0.2) is 5.72 Å². The Morgan fingerprint density at radius 3 is 1.67 bits per heavy atom. The second-order valence-corrected chi connectivity index (χ2v) is 22.8. The molecule has 0 N–H and O–H groups in total. The van der Waals surface area contributed by atoms with E-state index in [0.29, 0.717) is 6.42 Å². The smallest absolute Gasteiger partial charge is 0.286 e. The molecule has 6 aromatic carbocycles. The van der Waals surface area contributed by atoms with Gasteiger partial charge in [-0.1, -0.05) is 196 Å². The van der Waals surface area contributed by atoms with E-state index in [9.17, 15) is 4.79 Å². The van der Waals surface area contributed by atoms with Crippen molar-refractivity contribution in [2.75, 3.05) is 0 Å². The summed E-state index contributed by atoms with van der Waals surface area (Å²) in [5, 5.41) is 13.2. The van der Waals surface area contributed by atoms with Crippen molar-refractivity contribution < 1.29 is 9.53 Å². The number of Topliss-reactive ketones (excluding diaryl/α,β-unsaturated/α-hetero) is 1. The van der Waals surface area contributed by atoms with Gasteiger partial charge in [-0.15, -0.1) is 6.42 Å². The predicted molar refractivity (Wildman–Crippen MR) is 244 cm³/mol. The van der Waals surface area contributed by atoms with Crippen LogP contribution in [0.5, 0.6) is 0 Å². The molecule has 2 atom stereocenters. The van der Waals surface area contributed by atoms with Crippen molar-refractivity contribution in [3.8, 4) is 30.4 Å². The highest BCUT2D eigenvalue weighted by Gasteiger charge is 2.12. The minimum atomic E-state index is -0.193. The summed E-state index contributed by atoms with van der Waals surface area (Å²) in [5.74, 6) is 8.47. The number of aryl methyl sites for hydroxylation is 2. The lowest BCUT2D eigenvalue weighted by Gasteiger charge is -2.12. The van der Waals surface area contributed by atoms with Gasteiger partial charge in [-0.3, -0.25) is 4.79 Å². The number of alkyl halides is 3. The number of carbonyl (C=O) groups excluding carboxylic acids is 1. The molecule has 0 fully saturated rings. The second-order valence-electron chi connectivity index (χ2n) is 11.9. The third kappa shape index (κ3) is 14.6. The van der Waals surface area contributed by atoms with E-state index >= 15 is 0 Å². The molecule has 0 bridgehead atoms. The molecule has 0 heterocycles. The Morgan fingerprint density at radius 2 is 1.15 bits per heavy atom. The summed E-state index contributed by atoms with van der Waals surface area (Å²) in [5.41, 5.74) is 6.47. The van der Waals surface area contributed by atoms with Crippen molar-refractivity contribution in [1.82, 2.24) is 0 Å². The summed E-state index contributed by atoms with van der Waals surface area (Å²) in [6, 6.07) is 44.5. The molecule has 3 nitrogen and oxygen atoms in total. The number of nitrogens with zero attached hydrogens (tertiary/aromatic N) is 1. The summed E-state index contributed by atoms with van der Waals surface area (Å²) < 4.78 is 5.68. The zero-order valence-corrected chi connectivity index (χ0v) is 36.1. The summed E-state index contributed by atoms with van der Waals surface area (Å²) in [6.45, 7) is 8.02. The SMILES string of the molecule is C#Cc1cccc(C)c1.CC(OC#N)c1cccc2ccccc12.Cc1cccc(C#CC(=O)CC(C)c2cccc3ccccc23)c1.IC(I)I. The van der Waals surface area contributed by atoms with Crippen molar-refractivity contribution in [1.29, 1.82) is 5.26 Å². The summed E-state index contributed by atoms with van der Waals surface area (Å²) in [6.07, 6.45) is 7.14. The van der Waals surface area contributed by atoms with E-state index in [1.165, 1.54) is 27.3 Å². The highest BCUT2D eigenvalue weighted by molar-refractivity contribution is 14.3. The fourth-order valence-corrected chi connectivity index (χ4v) is 5.47. The Hall–Kier alpha value is -3.89. The number of hydrogen-bond acceptors (Lipinski definition) is 3. The third-order valence-corrected chi connectivity index (χ3v) is 7.89. The van der Waals surface area contributed by atoms with Crippen molar-refractivity contribution >= 4 is 95.1 Å². The molecule has 6 heteroatoms. The maximum atomic E-state index is 12.2. The van der Waals surface area contributed by atoms with Crippen LogP contribution in [0.2, 0.25) is 0 Å². The summed E-state index contributed by atoms with van der Waals surface area (Å²) in [4.78, 5) is 12.2. The lowest BCUT2D eigenvalue weighted by molar-refractivity contribution is -0.114. The van der Waals surface area contributed by atoms with Crippen LogP contribution in [0, 0.1) is 49.5 Å². The molecular formula is C46H40I3NO2. The fraction of sp³-hybridized carbons (Fsp3) is 0.174. The van der Waals surface area contributed by atoms with Crippen LogP contribution in [0.25, 0.3) is 21.5 Å². The number of benzene rings is 6. The molecule has 0 saturated heterocycles. The molecule has 0 spiro atoms. The first-order valence-electron chi connectivity index (χ1n) is 16.6. The van der Waals surface area contributed by atoms with Gasteiger partial charge >= 0.3 is 0 Å². The van der Waals surface area contributed by atoms with Crippen LogP contribution in [0.4, 0.5) is 0 Å². The lowest BCUT2D eigenvalue weighted by atomic mass is 9.91. The van der Waals surface area contributed by atoms with Crippen LogP contribution in [0.15, 0.2) is 133 Å². The maximum Gasteiger partial charge on any atom is 0.286 e. The zero-order chi connectivity index (χ0) is 37.9. The van der Waals surface area contributed by atoms with E-state index in [4.69, 9.17) is 16.4 Å². The molecule has 2 unspecified atom stereocenters. The Morgan fingerprint density at radius 1 is 0.692 bits per heavy atom. The number of terminal acetylenes is 1. The van der Waals surface area contributed by atoms with Crippen LogP contribution in [0.1, 0.15) is 65.7 Å². The van der Waals surface area contributed by atoms with E-state index in [-0.39, 0.29) is 17.8 Å². The number of fused-ring (bicyclic) bond motifs is 2. The summed E-state index contributed by atoms with van der Waals surface area (Å²) in [7, 11) is 0. The molecule has 0 aliphatic heterocycles. The van der Waals surface area contributed by atoms with Gasteiger partial charge in [-0.05, 0) is 95.1 Å². The van der Waals surface area contributed by atoms with Gasteiger partial charge in [0.2, 0.25) is 5.78 Å². The van der Waals surface area contributed by atoms with Crippen molar-refractivity contribution in [2.24, 2.45) is 0 Å². The van der Waals surface area contributed by atoms with E-state index in [1.54, 1.807) is 6.26 Å². The minimum absolute atomic E-state index is 0.0167. The topological polar surface area (TPSA) is 50.1 Å². The number of ether oxygens (including phenoxy) is 1. The normalized spacial score (nSPS) is 11.0. The Kier molecular flexibility index (Phi) is 18.7. The number of carbonyl (C=O) groups is 1. The van der Waals surface area contributed by atoms with E-state index in [2.05, 4.69) is 135 Å². The molecule has 6 aromatic rings. The zero-order valence-electron chi connectivity index (χ0n) is 29.6. The van der Waals surface area contributed by atoms with E-state index < -0.39 is 0 Å². The highest BCUT2D eigenvalue weighted by atomic mass is 127. The average molecular weight is 1020 g/mol. The first-order valence-corrected chi connectivity index (χ1v) is 20.3. The van der Waals surface area contributed by atoms with Gasteiger partial charge in [0.25, 0.3) is 6.26 Å². The first kappa shape index (κ1) is 42.5. The monoisotopic (exact) mass is 1020 g/mol. The minimum Gasteiger partial charge on any atom is -0.420 e. The third-order valence-electron chi connectivity index (χ3n) is 7.89. The Labute approximate surface area is 350 Å². The first-order chi connectivity index (χ1) is 25.0. The molecule has 0 aromatic heterocycles. The van der Waals surface area contributed by atoms with Gasteiger partial charge in [0.1, 0.15) is 6.04 Å². The van der Waals surface area contributed by atoms with Crippen LogP contribution in [0.3, 0.4) is 0 Å². The molecule has 0 amide bonds. The van der Waals surface area contributed by atoms with Gasteiger partial charge in [0.15, 0.2) is 0 Å². The predicted octanol–water partition coefficient (Wildman–Crippen LogP) is 13.2. The Bertz CT molecular complexity index is 2210. The molecule has 0 radical (unpaired) electrons. The molecule has 6 rings (SSSR count). The van der Waals surface area contributed by atoms with E-state index in [1.807, 2.05) is 112 Å². The van der Waals surface area contributed by atoms with E-state index in [0.717, 1.165) is 27.6 Å². The highest BCUT2D eigenvalue weighted by Crippen LogP contribution is 2.28. The van der Waals surface area contributed by atoms with Crippen LogP contribution < -0.4 is 0 Å². The van der Waals surface area contributed by atoms with Gasteiger partial charge in [-0.25, -0.2) is 0 Å². The average Bonchev–Trinajstić information content (AvgIpc) is 3.14. The van der Waals surface area contributed by atoms with Gasteiger partial charge in [0, 0.05) is 23.1 Å². The molecular weight excluding hydrogens is 979 g/mol.